The molecule has 0 saturated carbocycles. The summed E-state index contributed by atoms with van der Waals surface area (Å²) in [6.45, 7) is 5.79. The maximum Gasteiger partial charge on any atom is 0.117 e. The van der Waals surface area contributed by atoms with Crippen molar-refractivity contribution in [1.82, 2.24) is 9.97 Å². The van der Waals surface area contributed by atoms with E-state index in [1.807, 2.05) is 32.9 Å². The maximum absolute atomic E-state index is 10.2. The molecule has 2 aromatic heterocycles. The Morgan fingerprint density at radius 2 is 2.00 bits per heavy atom. The zero-order valence-corrected chi connectivity index (χ0v) is 10.4. The monoisotopic (exact) mass is 234 g/mol. The quantitative estimate of drug-likeness (QED) is 0.868. The maximum atomic E-state index is 10.2. The fraction of sp³-hybridized carbons (Fsp3) is 0.333. The standard InChI is InChI=1S/C12H14N2OS/c1-7-4-5-10(6-13-7)11(15)12-8(2)14-9(3)16-12/h4-6,11,15H,1-3H3. The molecule has 1 atom stereocenters. The van der Waals surface area contributed by atoms with Crippen LogP contribution < -0.4 is 0 Å². The van der Waals surface area contributed by atoms with Gasteiger partial charge in [0, 0.05) is 17.5 Å². The highest BCUT2D eigenvalue weighted by molar-refractivity contribution is 7.11. The smallest absolute Gasteiger partial charge is 0.117 e. The van der Waals surface area contributed by atoms with E-state index in [1.165, 1.54) is 11.3 Å². The summed E-state index contributed by atoms with van der Waals surface area (Å²) in [4.78, 5) is 9.41. The summed E-state index contributed by atoms with van der Waals surface area (Å²) in [6, 6.07) is 3.81. The molecule has 1 unspecified atom stereocenters. The summed E-state index contributed by atoms with van der Waals surface area (Å²) in [7, 11) is 0. The molecule has 2 aromatic rings. The average Bonchev–Trinajstić information content (AvgIpc) is 2.58. The Labute approximate surface area is 98.8 Å². The summed E-state index contributed by atoms with van der Waals surface area (Å²) < 4.78 is 0. The van der Waals surface area contributed by atoms with Crippen LogP contribution in [-0.4, -0.2) is 15.1 Å². The van der Waals surface area contributed by atoms with Crippen LogP contribution in [0, 0.1) is 20.8 Å². The molecular weight excluding hydrogens is 220 g/mol. The molecule has 0 aliphatic rings. The molecule has 0 aromatic carbocycles. The Bertz CT molecular complexity index is 490. The van der Waals surface area contributed by atoms with Crippen molar-refractivity contribution in [2.45, 2.75) is 26.9 Å². The van der Waals surface area contributed by atoms with Crippen LogP contribution in [-0.2, 0) is 0 Å². The van der Waals surface area contributed by atoms with Gasteiger partial charge in [0.05, 0.1) is 15.6 Å². The number of rotatable bonds is 2. The molecule has 2 rings (SSSR count). The van der Waals surface area contributed by atoms with E-state index in [1.54, 1.807) is 6.20 Å². The van der Waals surface area contributed by atoms with Gasteiger partial charge in [-0.05, 0) is 26.8 Å². The summed E-state index contributed by atoms with van der Waals surface area (Å²) in [5.41, 5.74) is 2.67. The van der Waals surface area contributed by atoms with E-state index in [-0.39, 0.29) is 0 Å². The molecule has 2 heterocycles. The van der Waals surface area contributed by atoms with Gasteiger partial charge in [0.25, 0.3) is 0 Å². The Morgan fingerprint density at radius 1 is 1.25 bits per heavy atom. The Hall–Kier alpha value is -1.26. The summed E-state index contributed by atoms with van der Waals surface area (Å²) in [5.74, 6) is 0. The largest absolute Gasteiger partial charge is 0.383 e. The average molecular weight is 234 g/mol. The normalized spacial score (nSPS) is 12.8. The molecule has 0 spiro atoms. The minimum atomic E-state index is -0.612. The number of hydrogen-bond acceptors (Lipinski definition) is 4. The third-order valence-electron chi connectivity index (χ3n) is 2.44. The highest BCUT2D eigenvalue weighted by atomic mass is 32.1. The molecule has 1 N–H and O–H groups in total. The number of aromatic nitrogens is 2. The molecule has 0 aliphatic carbocycles. The van der Waals surface area contributed by atoms with Gasteiger partial charge in [0.15, 0.2) is 0 Å². The third-order valence-corrected chi connectivity index (χ3v) is 3.56. The second-order valence-electron chi connectivity index (χ2n) is 3.82. The van der Waals surface area contributed by atoms with Crippen molar-refractivity contribution in [1.29, 1.82) is 0 Å². The first-order valence-corrected chi connectivity index (χ1v) is 5.94. The summed E-state index contributed by atoms with van der Waals surface area (Å²) in [5, 5.41) is 11.2. The van der Waals surface area contributed by atoms with Crippen molar-refractivity contribution in [3.63, 3.8) is 0 Å². The molecule has 3 nitrogen and oxygen atoms in total. The van der Waals surface area contributed by atoms with E-state index in [9.17, 15) is 5.11 Å². The minimum Gasteiger partial charge on any atom is -0.383 e. The second kappa shape index (κ2) is 4.31. The number of aliphatic hydroxyl groups is 1. The van der Waals surface area contributed by atoms with Gasteiger partial charge < -0.3 is 5.11 Å². The number of pyridine rings is 1. The fourth-order valence-corrected chi connectivity index (χ4v) is 2.54. The third kappa shape index (κ3) is 2.13. The molecular formula is C12H14N2OS. The molecule has 16 heavy (non-hydrogen) atoms. The highest BCUT2D eigenvalue weighted by Gasteiger charge is 2.16. The first-order chi connectivity index (χ1) is 7.58. The number of aryl methyl sites for hydroxylation is 3. The van der Waals surface area contributed by atoms with Crippen LogP contribution in [0.2, 0.25) is 0 Å². The first-order valence-electron chi connectivity index (χ1n) is 5.12. The van der Waals surface area contributed by atoms with Crippen LogP contribution in [0.25, 0.3) is 0 Å². The lowest BCUT2D eigenvalue weighted by atomic mass is 10.1. The van der Waals surface area contributed by atoms with Crippen LogP contribution in [0.5, 0.6) is 0 Å². The van der Waals surface area contributed by atoms with Crippen LogP contribution in [0.1, 0.15) is 32.9 Å². The van der Waals surface area contributed by atoms with Gasteiger partial charge in [-0.25, -0.2) is 4.98 Å². The van der Waals surface area contributed by atoms with E-state index in [0.717, 1.165) is 26.8 Å². The number of thiazole rings is 1. The fourth-order valence-electron chi connectivity index (χ4n) is 1.59. The molecule has 0 fully saturated rings. The predicted molar refractivity (Wildman–Crippen MR) is 64.6 cm³/mol. The summed E-state index contributed by atoms with van der Waals surface area (Å²) in [6.07, 6.45) is 1.10. The zero-order valence-electron chi connectivity index (χ0n) is 9.56. The Morgan fingerprint density at radius 3 is 2.50 bits per heavy atom. The topological polar surface area (TPSA) is 46.0 Å². The van der Waals surface area contributed by atoms with E-state index >= 15 is 0 Å². The van der Waals surface area contributed by atoms with E-state index in [0.29, 0.717) is 0 Å². The second-order valence-corrected chi connectivity index (χ2v) is 5.05. The summed E-state index contributed by atoms with van der Waals surface area (Å²) >= 11 is 1.53. The van der Waals surface area contributed by atoms with Crippen molar-refractivity contribution < 1.29 is 5.11 Å². The number of nitrogens with zero attached hydrogens (tertiary/aromatic N) is 2. The predicted octanol–water partition coefficient (Wildman–Crippen LogP) is 2.55. The van der Waals surface area contributed by atoms with Gasteiger partial charge in [0.2, 0.25) is 0 Å². The Balaban J connectivity index is 2.35. The van der Waals surface area contributed by atoms with Gasteiger partial charge in [-0.1, -0.05) is 6.07 Å². The molecule has 4 heteroatoms. The first kappa shape index (κ1) is 11.2. The van der Waals surface area contributed by atoms with Gasteiger partial charge in [-0.15, -0.1) is 11.3 Å². The van der Waals surface area contributed by atoms with Crippen LogP contribution in [0.4, 0.5) is 0 Å². The van der Waals surface area contributed by atoms with E-state index in [2.05, 4.69) is 9.97 Å². The van der Waals surface area contributed by atoms with Gasteiger partial charge in [-0.2, -0.15) is 0 Å². The molecule has 0 aliphatic heterocycles. The van der Waals surface area contributed by atoms with Crippen molar-refractivity contribution in [2.75, 3.05) is 0 Å². The SMILES string of the molecule is Cc1ccc(C(O)c2sc(C)nc2C)cn1. The van der Waals surface area contributed by atoms with Gasteiger partial charge in [-0.3, -0.25) is 4.98 Å². The number of aliphatic hydroxyl groups excluding tert-OH is 1. The Kier molecular flexibility index (Phi) is 3.03. The molecule has 0 amide bonds. The van der Waals surface area contributed by atoms with E-state index < -0.39 is 6.10 Å². The molecule has 0 radical (unpaired) electrons. The highest BCUT2D eigenvalue weighted by Crippen LogP contribution is 2.29. The van der Waals surface area contributed by atoms with Crippen molar-refractivity contribution in [3.05, 3.63) is 45.2 Å². The van der Waals surface area contributed by atoms with Crippen molar-refractivity contribution in [2.24, 2.45) is 0 Å². The zero-order chi connectivity index (χ0) is 11.7. The lowest BCUT2D eigenvalue weighted by molar-refractivity contribution is 0.222. The number of hydrogen-bond donors (Lipinski definition) is 1. The van der Waals surface area contributed by atoms with Crippen LogP contribution in [0.15, 0.2) is 18.3 Å². The van der Waals surface area contributed by atoms with Crippen molar-refractivity contribution in [3.8, 4) is 0 Å². The lowest BCUT2D eigenvalue weighted by Crippen LogP contribution is -2.00. The minimum absolute atomic E-state index is 0.612. The molecule has 84 valence electrons. The lowest BCUT2D eigenvalue weighted by Gasteiger charge is -2.09. The van der Waals surface area contributed by atoms with Crippen molar-refractivity contribution >= 4 is 11.3 Å². The molecule has 0 saturated heterocycles. The van der Waals surface area contributed by atoms with E-state index in [4.69, 9.17) is 0 Å². The van der Waals surface area contributed by atoms with Gasteiger partial charge in [0.1, 0.15) is 6.10 Å². The molecule has 0 bridgehead atoms. The van der Waals surface area contributed by atoms with Gasteiger partial charge >= 0.3 is 0 Å². The van der Waals surface area contributed by atoms with Crippen LogP contribution in [0.3, 0.4) is 0 Å². The van der Waals surface area contributed by atoms with Crippen LogP contribution >= 0.6 is 11.3 Å².